The van der Waals surface area contributed by atoms with Gasteiger partial charge in [-0.15, -0.1) is 0 Å². The van der Waals surface area contributed by atoms with Crippen molar-refractivity contribution in [1.82, 2.24) is 0 Å². The van der Waals surface area contributed by atoms with Crippen molar-refractivity contribution in [1.29, 1.82) is 0 Å². The Morgan fingerprint density at radius 3 is 1.77 bits per heavy atom. The number of nitrogens with zero attached hydrogens (tertiary/aromatic N) is 2. The third kappa shape index (κ3) is 2.31. The molecule has 0 amide bonds. The van der Waals surface area contributed by atoms with Crippen LogP contribution in [0.1, 0.15) is 99.6 Å². The van der Waals surface area contributed by atoms with Gasteiger partial charge in [0.25, 0.3) is 0 Å². The molecular weight excluding hydrogens is 581 g/mol. The highest BCUT2D eigenvalue weighted by atomic mass is 15.3. The van der Waals surface area contributed by atoms with Crippen molar-refractivity contribution in [2.24, 2.45) is 0 Å². The van der Waals surface area contributed by atoms with Gasteiger partial charge in [-0.2, -0.15) is 0 Å². The van der Waals surface area contributed by atoms with Gasteiger partial charge in [0.15, 0.2) is 0 Å². The van der Waals surface area contributed by atoms with Gasteiger partial charge in [-0.3, -0.25) is 0 Å². The smallest absolute Gasteiger partial charge is 0.109 e. The van der Waals surface area contributed by atoms with Gasteiger partial charge in [0.2, 0.25) is 0 Å². The Kier molecular flexibility index (Phi) is 4.15. The molecule has 0 aromatic heterocycles. The van der Waals surface area contributed by atoms with Crippen molar-refractivity contribution in [3.8, 4) is 0 Å². The van der Waals surface area contributed by atoms with E-state index in [0.29, 0.717) is 11.8 Å². The Hall–Kier alpha value is -5.08. The average molecular weight is 615 g/mol. The fourth-order valence-corrected chi connectivity index (χ4v) is 12.4. The Labute approximate surface area is 281 Å². The number of rotatable bonds is 2. The zero-order valence-electron chi connectivity index (χ0n) is 26.8. The standard InChI is InChI=1S/C46H34N2/c1-10-25-44(26-11-1,28-23-24-34-32(27-28)42-30-14-3-7-20-38(30)47-40-22-9-6-17-35(40)45(34,42)47)36-18-12-19-37-43(36)48-39-21-8-4-15-31(39)41-29-13-2-5-16-33(29)46(37,41)48/h2-9,12-24,27,41-42H,1,10-11,25-26H2. The monoisotopic (exact) mass is 614 g/mol. The summed E-state index contributed by atoms with van der Waals surface area (Å²) in [5, 5.41) is 0. The highest BCUT2D eigenvalue weighted by Gasteiger charge is 2.71. The Bertz CT molecular complexity index is 2440. The van der Waals surface area contributed by atoms with Crippen molar-refractivity contribution in [2.75, 3.05) is 9.80 Å². The molecule has 13 rings (SSSR count). The summed E-state index contributed by atoms with van der Waals surface area (Å²) in [5.41, 5.74) is 20.8. The van der Waals surface area contributed by atoms with Crippen LogP contribution < -0.4 is 9.80 Å². The summed E-state index contributed by atoms with van der Waals surface area (Å²) in [7, 11) is 0. The van der Waals surface area contributed by atoms with Crippen LogP contribution in [0.15, 0.2) is 133 Å². The minimum atomic E-state index is -0.0526. The number of hydrogen-bond acceptors (Lipinski definition) is 2. The molecule has 3 aliphatic carbocycles. The van der Waals surface area contributed by atoms with Gasteiger partial charge in [0, 0.05) is 45.4 Å². The van der Waals surface area contributed by atoms with E-state index in [9.17, 15) is 0 Å². The molecule has 2 heteroatoms. The number of fused-ring (bicyclic) bond motifs is 14. The summed E-state index contributed by atoms with van der Waals surface area (Å²) in [6.45, 7) is 0. The molecule has 0 radical (unpaired) electrons. The minimum absolute atomic E-state index is 0.00854. The third-order valence-electron chi connectivity index (χ3n) is 14.0. The first-order valence-electron chi connectivity index (χ1n) is 18.1. The molecule has 6 aromatic rings. The first kappa shape index (κ1) is 25.0. The van der Waals surface area contributed by atoms with Gasteiger partial charge in [-0.1, -0.05) is 135 Å². The van der Waals surface area contributed by atoms with E-state index < -0.39 is 0 Å². The van der Waals surface area contributed by atoms with Crippen LogP contribution in [0.2, 0.25) is 0 Å². The average Bonchev–Trinajstić information content (AvgIpc) is 3.47. The normalized spacial score (nSPS) is 27.4. The first-order valence-corrected chi connectivity index (χ1v) is 18.1. The first-order chi connectivity index (χ1) is 23.8. The summed E-state index contributed by atoms with van der Waals surface area (Å²) in [6, 6.07) is 51.9. The van der Waals surface area contributed by atoms with Crippen LogP contribution >= 0.6 is 0 Å². The second-order valence-electron chi connectivity index (χ2n) is 15.4. The van der Waals surface area contributed by atoms with E-state index in [0.717, 1.165) is 0 Å². The number of anilines is 4. The second-order valence-corrected chi connectivity index (χ2v) is 15.4. The summed E-state index contributed by atoms with van der Waals surface area (Å²) < 4.78 is 0. The molecule has 1 fully saturated rings. The maximum atomic E-state index is 2.78. The second kappa shape index (κ2) is 7.96. The lowest BCUT2D eigenvalue weighted by molar-refractivity contribution is 0.333. The van der Waals surface area contributed by atoms with Gasteiger partial charge in [-0.05, 0) is 75.5 Å². The molecule has 4 heterocycles. The Balaban J connectivity index is 1.02. The molecule has 228 valence electrons. The minimum Gasteiger partial charge on any atom is -0.325 e. The topological polar surface area (TPSA) is 6.48 Å². The van der Waals surface area contributed by atoms with E-state index in [-0.39, 0.29) is 16.5 Å². The maximum Gasteiger partial charge on any atom is 0.109 e. The molecule has 0 bridgehead atoms. The maximum absolute atomic E-state index is 2.78. The van der Waals surface area contributed by atoms with Gasteiger partial charge >= 0.3 is 0 Å². The number of para-hydroxylation sites is 4. The molecule has 7 aliphatic rings. The SMILES string of the molecule is c1ccc2c(c1)C1c3cc(C4(c5cccc6c5N5c7ccccc7C7c8ccccc8C675)CCCCC4)ccc3C13c1ccccc1N23. The molecular formula is C46H34N2. The van der Waals surface area contributed by atoms with Crippen molar-refractivity contribution in [2.45, 2.75) is 60.4 Å². The summed E-state index contributed by atoms with van der Waals surface area (Å²) in [5.74, 6) is 0.803. The van der Waals surface area contributed by atoms with Gasteiger partial charge < -0.3 is 9.80 Å². The lowest BCUT2D eigenvalue weighted by atomic mass is 9.52. The molecule has 6 aromatic carbocycles. The van der Waals surface area contributed by atoms with Crippen molar-refractivity contribution >= 4 is 22.7 Å². The van der Waals surface area contributed by atoms with Crippen LogP contribution in [0, 0.1) is 0 Å². The molecule has 1 saturated carbocycles. The molecule has 48 heavy (non-hydrogen) atoms. The van der Waals surface area contributed by atoms with Crippen LogP contribution in [0.25, 0.3) is 0 Å². The van der Waals surface area contributed by atoms with Crippen molar-refractivity contribution in [3.63, 3.8) is 0 Å². The number of hydrogen-bond donors (Lipinski definition) is 0. The van der Waals surface area contributed by atoms with E-state index in [1.807, 2.05) is 0 Å². The quantitative estimate of drug-likeness (QED) is 0.191. The van der Waals surface area contributed by atoms with Gasteiger partial charge in [0.1, 0.15) is 11.1 Å². The lowest BCUT2D eigenvalue weighted by Crippen LogP contribution is -2.59. The fraction of sp³-hybridized carbons (Fsp3) is 0.217. The van der Waals surface area contributed by atoms with E-state index in [1.54, 1.807) is 16.7 Å². The lowest BCUT2D eigenvalue weighted by Gasteiger charge is -2.62. The summed E-state index contributed by atoms with van der Waals surface area (Å²) in [4.78, 5) is 5.43. The molecule has 2 nitrogen and oxygen atoms in total. The van der Waals surface area contributed by atoms with E-state index in [2.05, 4.69) is 143 Å². The van der Waals surface area contributed by atoms with Crippen molar-refractivity contribution in [3.05, 3.63) is 189 Å². The van der Waals surface area contributed by atoms with Crippen LogP contribution in [0.4, 0.5) is 22.7 Å². The summed E-state index contributed by atoms with van der Waals surface area (Å²) >= 11 is 0. The van der Waals surface area contributed by atoms with Crippen LogP contribution in [-0.4, -0.2) is 0 Å². The Morgan fingerprint density at radius 1 is 0.417 bits per heavy atom. The molecule has 4 aliphatic heterocycles. The van der Waals surface area contributed by atoms with Gasteiger partial charge in [-0.25, -0.2) is 0 Å². The molecule has 4 unspecified atom stereocenters. The highest BCUT2D eigenvalue weighted by Crippen LogP contribution is 2.78. The van der Waals surface area contributed by atoms with E-state index >= 15 is 0 Å². The Morgan fingerprint density at radius 2 is 0.979 bits per heavy atom. The van der Waals surface area contributed by atoms with E-state index in [1.165, 1.54) is 93.8 Å². The zero-order valence-corrected chi connectivity index (χ0v) is 26.8. The number of benzene rings is 6. The van der Waals surface area contributed by atoms with Crippen molar-refractivity contribution < 1.29 is 0 Å². The fourth-order valence-electron chi connectivity index (χ4n) is 12.4. The predicted molar refractivity (Wildman–Crippen MR) is 192 cm³/mol. The molecule has 2 spiro atoms. The van der Waals surface area contributed by atoms with Crippen LogP contribution in [-0.2, 0) is 16.5 Å². The molecule has 4 atom stereocenters. The largest absolute Gasteiger partial charge is 0.325 e. The molecule has 0 N–H and O–H groups in total. The zero-order chi connectivity index (χ0) is 31.0. The third-order valence-corrected chi connectivity index (χ3v) is 14.0. The highest BCUT2D eigenvalue weighted by molar-refractivity contribution is 5.97. The van der Waals surface area contributed by atoms with Gasteiger partial charge in [0.05, 0.1) is 5.69 Å². The summed E-state index contributed by atoms with van der Waals surface area (Å²) in [6.07, 6.45) is 6.33. The molecule has 0 saturated heterocycles. The van der Waals surface area contributed by atoms with Crippen LogP contribution in [0.3, 0.4) is 0 Å². The van der Waals surface area contributed by atoms with Crippen LogP contribution in [0.5, 0.6) is 0 Å². The van der Waals surface area contributed by atoms with E-state index in [4.69, 9.17) is 0 Å². The predicted octanol–water partition coefficient (Wildman–Crippen LogP) is 10.6.